The van der Waals surface area contributed by atoms with Crippen molar-refractivity contribution in [3.63, 3.8) is 0 Å². The summed E-state index contributed by atoms with van der Waals surface area (Å²) in [6, 6.07) is 3.64. The van der Waals surface area contributed by atoms with Crippen LogP contribution in [-0.2, 0) is 10.9 Å². The molecule has 2 N–H and O–H groups in total. The number of hydrogen-bond acceptors (Lipinski definition) is 3. The number of amides is 1. The van der Waals surface area contributed by atoms with E-state index in [1.807, 2.05) is 0 Å². The number of likely N-dealkylation sites (tertiary alicyclic amines) is 1. The largest absolute Gasteiger partial charge is 0.444 e. The number of ether oxygens (including phenoxy) is 1. The molecular weight excluding hydrogens is 321 g/mol. The number of alkyl halides is 3. The van der Waals surface area contributed by atoms with Crippen LogP contribution in [0.5, 0.6) is 0 Å². The van der Waals surface area contributed by atoms with E-state index >= 15 is 0 Å². The second-order valence-electron chi connectivity index (χ2n) is 7.49. The molecule has 3 rings (SSSR count). The van der Waals surface area contributed by atoms with Crippen molar-refractivity contribution in [2.75, 3.05) is 13.1 Å². The first-order chi connectivity index (χ1) is 11.0. The number of benzene rings is 1. The van der Waals surface area contributed by atoms with E-state index in [9.17, 15) is 18.0 Å². The van der Waals surface area contributed by atoms with Crippen LogP contribution in [0.15, 0.2) is 18.2 Å². The summed E-state index contributed by atoms with van der Waals surface area (Å²) in [6.07, 6.45) is -4.94. The van der Waals surface area contributed by atoms with Crippen molar-refractivity contribution in [2.45, 2.75) is 44.5 Å². The highest BCUT2D eigenvalue weighted by Gasteiger charge is 2.50. The third-order valence-corrected chi connectivity index (χ3v) is 4.65. The van der Waals surface area contributed by atoms with E-state index in [0.717, 1.165) is 6.07 Å². The third-order valence-electron chi connectivity index (χ3n) is 4.65. The van der Waals surface area contributed by atoms with Crippen LogP contribution in [0, 0.1) is 5.92 Å². The molecule has 0 aromatic heterocycles. The van der Waals surface area contributed by atoms with Gasteiger partial charge < -0.3 is 15.4 Å². The highest BCUT2D eigenvalue weighted by Crippen LogP contribution is 2.52. The second-order valence-corrected chi connectivity index (χ2v) is 7.49. The summed E-state index contributed by atoms with van der Waals surface area (Å²) in [4.78, 5) is 13.7. The van der Waals surface area contributed by atoms with Crippen molar-refractivity contribution >= 4 is 6.09 Å². The summed E-state index contributed by atoms with van der Waals surface area (Å²) in [5, 5.41) is 0. The lowest BCUT2D eigenvalue weighted by Crippen LogP contribution is -2.36. The maximum atomic E-state index is 13.4. The van der Waals surface area contributed by atoms with E-state index < -0.39 is 35.4 Å². The number of halogens is 3. The SMILES string of the molecule is CC(C)(C)OC(=O)N1C[C@@H]2C(N)c3cccc(C(F)(F)F)c3[C@@H]2C1. The van der Waals surface area contributed by atoms with Gasteiger partial charge in [-0.1, -0.05) is 12.1 Å². The number of fused-ring (bicyclic) bond motifs is 3. The fourth-order valence-corrected chi connectivity index (χ4v) is 3.74. The lowest BCUT2D eigenvalue weighted by molar-refractivity contribution is -0.138. The number of rotatable bonds is 0. The normalized spacial score (nSPS) is 26.3. The van der Waals surface area contributed by atoms with E-state index in [0.29, 0.717) is 12.1 Å². The van der Waals surface area contributed by atoms with Gasteiger partial charge in [0.2, 0.25) is 0 Å². The van der Waals surface area contributed by atoms with Gasteiger partial charge in [0, 0.05) is 31.0 Å². The maximum Gasteiger partial charge on any atom is 0.416 e. The molecule has 0 spiro atoms. The van der Waals surface area contributed by atoms with Crippen LogP contribution in [0.25, 0.3) is 0 Å². The molecule has 1 amide bonds. The summed E-state index contributed by atoms with van der Waals surface area (Å²) in [5.41, 5.74) is 5.68. The van der Waals surface area contributed by atoms with E-state index in [1.54, 1.807) is 26.8 Å². The van der Waals surface area contributed by atoms with Gasteiger partial charge in [-0.2, -0.15) is 13.2 Å². The van der Waals surface area contributed by atoms with Gasteiger partial charge in [0.25, 0.3) is 0 Å². The Morgan fingerprint density at radius 2 is 1.92 bits per heavy atom. The molecule has 3 atom stereocenters. The van der Waals surface area contributed by atoms with Crippen LogP contribution in [0.3, 0.4) is 0 Å². The van der Waals surface area contributed by atoms with Gasteiger partial charge in [-0.3, -0.25) is 0 Å². The molecule has 4 nitrogen and oxygen atoms in total. The van der Waals surface area contributed by atoms with Gasteiger partial charge in [0.05, 0.1) is 5.56 Å². The van der Waals surface area contributed by atoms with E-state index in [1.165, 1.54) is 11.0 Å². The Labute approximate surface area is 138 Å². The number of nitrogens with zero attached hydrogens (tertiary/aromatic N) is 1. The first kappa shape index (κ1) is 17.1. The molecule has 1 aliphatic heterocycles. The number of hydrogen-bond donors (Lipinski definition) is 1. The molecule has 1 heterocycles. The highest BCUT2D eigenvalue weighted by molar-refractivity contribution is 5.69. The molecule has 1 fully saturated rings. The zero-order valence-electron chi connectivity index (χ0n) is 13.9. The first-order valence-corrected chi connectivity index (χ1v) is 7.92. The Balaban J connectivity index is 1.91. The quantitative estimate of drug-likeness (QED) is 0.783. The summed E-state index contributed by atoms with van der Waals surface area (Å²) < 4.78 is 45.4. The van der Waals surface area contributed by atoms with Gasteiger partial charge in [-0.25, -0.2) is 4.79 Å². The van der Waals surface area contributed by atoms with Crippen molar-refractivity contribution in [3.8, 4) is 0 Å². The Kier molecular flexibility index (Phi) is 3.82. The maximum absolute atomic E-state index is 13.4. The van der Waals surface area contributed by atoms with Crippen molar-refractivity contribution in [1.82, 2.24) is 4.90 Å². The minimum atomic E-state index is -4.43. The molecule has 0 radical (unpaired) electrons. The molecule has 1 aromatic carbocycles. The minimum Gasteiger partial charge on any atom is -0.444 e. The Morgan fingerprint density at radius 1 is 1.25 bits per heavy atom. The van der Waals surface area contributed by atoms with Gasteiger partial charge in [0.1, 0.15) is 5.60 Å². The predicted octanol–water partition coefficient (Wildman–Crippen LogP) is 3.67. The molecular formula is C17H21F3N2O2. The third kappa shape index (κ3) is 2.85. The molecule has 1 unspecified atom stereocenters. The Morgan fingerprint density at radius 3 is 2.50 bits per heavy atom. The van der Waals surface area contributed by atoms with Crippen LogP contribution in [0.2, 0.25) is 0 Å². The highest BCUT2D eigenvalue weighted by atomic mass is 19.4. The van der Waals surface area contributed by atoms with Crippen LogP contribution >= 0.6 is 0 Å². The average molecular weight is 342 g/mol. The second kappa shape index (κ2) is 5.37. The summed E-state index contributed by atoms with van der Waals surface area (Å²) >= 11 is 0. The Bertz CT molecular complexity index is 667. The average Bonchev–Trinajstić information content (AvgIpc) is 2.96. The summed E-state index contributed by atoms with van der Waals surface area (Å²) in [6.45, 7) is 5.78. The van der Waals surface area contributed by atoms with Gasteiger partial charge >= 0.3 is 12.3 Å². The van der Waals surface area contributed by atoms with Crippen molar-refractivity contribution in [2.24, 2.45) is 11.7 Å². The lowest BCUT2D eigenvalue weighted by Gasteiger charge is -2.25. The van der Waals surface area contributed by atoms with Gasteiger partial charge in [-0.05, 0) is 38.0 Å². The van der Waals surface area contributed by atoms with Gasteiger partial charge in [-0.15, -0.1) is 0 Å². The monoisotopic (exact) mass is 342 g/mol. The standard InChI is InChI=1S/C17H21F3N2O2/c1-16(2,3)24-15(23)22-7-10-11(8-22)14(21)9-5-4-6-12(13(9)10)17(18,19)20/h4-6,10-11,14H,7-8,21H2,1-3H3/t10-,11+,14?/m1/s1. The van der Waals surface area contributed by atoms with E-state index in [4.69, 9.17) is 10.5 Å². The smallest absolute Gasteiger partial charge is 0.416 e. The first-order valence-electron chi connectivity index (χ1n) is 7.92. The van der Waals surface area contributed by atoms with Crippen LogP contribution in [0.1, 0.15) is 49.4 Å². The predicted molar refractivity (Wildman–Crippen MR) is 82.4 cm³/mol. The number of carbonyl (C=O) groups excluding carboxylic acids is 1. The topological polar surface area (TPSA) is 55.6 Å². The molecule has 0 bridgehead atoms. The molecule has 1 aliphatic carbocycles. The van der Waals surface area contributed by atoms with Gasteiger partial charge in [0.15, 0.2) is 0 Å². The van der Waals surface area contributed by atoms with E-state index in [-0.39, 0.29) is 18.0 Å². The fraction of sp³-hybridized carbons (Fsp3) is 0.588. The summed E-state index contributed by atoms with van der Waals surface area (Å²) in [5.74, 6) is -0.614. The zero-order chi connectivity index (χ0) is 17.9. The van der Waals surface area contributed by atoms with Crippen LogP contribution in [-0.4, -0.2) is 29.7 Å². The Hall–Kier alpha value is -1.76. The van der Waals surface area contributed by atoms with Crippen molar-refractivity contribution in [3.05, 3.63) is 34.9 Å². The fourth-order valence-electron chi connectivity index (χ4n) is 3.74. The van der Waals surface area contributed by atoms with E-state index in [2.05, 4.69) is 0 Å². The lowest BCUT2D eigenvalue weighted by atomic mass is 9.92. The molecule has 7 heteroatoms. The summed E-state index contributed by atoms with van der Waals surface area (Å²) in [7, 11) is 0. The van der Waals surface area contributed by atoms with Crippen LogP contribution < -0.4 is 5.73 Å². The number of nitrogens with two attached hydrogens (primary N) is 1. The minimum absolute atomic E-state index is 0.202. The molecule has 24 heavy (non-hydrogen) atoms. The molecule has 0 saturated carbocycles. The van der Waals surface area contributed by atoms with Crippen molar-refractivity contribution in [1.29, 1.82) is 0 Å². The molecule has 132 valence electrons. The molecule has 1 saturated heterocycles. The van der Waals surface area contributed by atoms with Crippen LogP contribution in [0.4, 0.5) is 18.0 Å². The van der Waals surface area contributed by atoms with Crippen molar-refractivity contribution < 1.29 is 22.7 Å². The molecule has 1 aromatic rings. The number of carbonyl (C=O) groups is 1. The zero-order valence-corrected chi connectivity index (χ0v) is 13.9. The molecule has 2 aliphatic rings.